The van der Waals surface area contributed by atoms with Crippen molar-refractivity contribution in [3.05, 3.63) is 70.8 Å². The monoisotopic (exact) mass is 380 g/mol. The highest BCUT2D eigenvalue weighted by Crippen LogP contribution is 2.40. The third-order valence-corrected chi connectivity index (χ3v) is 4.56. The lowest BCUT2D eigenvalue weighted by atomic mass is 9.90. The Bertz CT molecular complexity index is 1030. The molecule has 0 fully saturated rings. The fourth-order valence-corrected chi connectivity index (χ4v) is 3.00. The van der Waals surface area contributed by atoms with Gasteiger partial charge >= 0.3 is 0 Å². The summed E-state index contributed by atoms with van der Waals surface area (Å²) in [5, 5.41) is 58.8. The highest BCUT2D eigenvalue weighted by atomic mass is 16.3. The second-order valence-electron chi connectivity index (χ2n) is 6.52. The summed E-state index contributed by atoms with van der Waals surface area (Å²) in [5.41, 5.74) is 2.08. The summed E-state index contributed by atoms with van der Waals surface area (Å²) < 4.78 is 0. The molecule has 0 aliphatic carbocycles. The largest absolute Gasteiger partial charge is 0.507 e. The zero-order valence-electron chi connectivity index (χ0n) is 15.0. The molecule has 6 heteroatoms. The first-order valence-electron chi connectivity index (χ1n) is 8.54. The Morgan fingerprint density at radius 3 is 1.64 bits per heavy atom. The predicted molar refractivity (Wildman–Crippen MR) is 106 cm³/mol. The minimum Gasteiger partial charge on any atom is -0.507 e. The minimum atomic E-state index is -0.432. The molecule has 0 radical (unpaired) electrons. The number of aromatic hydroxyl groups is 6. The van der Waals surface area contributed by atoms with Gasteiger partial charge < -0.3 is 30.6 Å². The third kappa shape index (κ3) is 3.81. The molecule has 1 unspecified atom stereocenters. The number of phenolic OH excluding ortho intramolecular Hbond substituents is 6. The van der Waals surface area contributed by atoms with Gasteiger partial charge in [-0.05, 0) is 53.1 Å². The van der Waals surface area contributed by atoms with Gasteiger partial charge in [0.25, 0.3) is 0 Å². The number of hydrogen-bond donors (Lipinski definition) is 6. The molecule has 144 valence electrons. The van der Waals surface area contributed by atoms with E-state index in [9.17, 15) is 30.6 Å². The zero-order chi connectivity index (χ0) is 20.4. The minimum absolute atomic E-state index is 0.117. The van der Waals surface area contributed by atoms with Crippen molar-refractivity contribution in [2.45, 2.75) is 12.8 Å². The Balaban J connectivity index is 1.90. The number of phenols is 6. The van der Waals surface area contributed by atoms with Crippen LogP contribution in [0.15, 0.2) is 48.5 Å². The van der Waals surface area contributed by atoms with Crippen molar-refractivity contribution in [3.63, 3.8) is 0 Å². The maximum absolute atomic E-state index is 10.4. The predicted octanol–water partition coefficient (Wildman–Crippen LogP) is 4.24. The van der Waals surface area contributed by atoms with E-state index < -0.39 is 5.92 Å². The van der Waals surface area contributed by atoms with E-state index in [0.29, 0.717) is 22.3 Å². The summed E-state index contributed by atoms with van der Waals surface area (Å²) in [6.07, 6.45) is 3.31. The van der Waals surface area contributed by atoms with Crippen LogP contribution in [-0.2, 0) is 0 Å². The van der Waals surface area contributed by atoms with Crippen LogP contribution in [-0.4, -0.2) is 30.6 Å². The van der Waals surface area contributed by atoms with Gasteiger partial charge in [-0.1, -0.05) is 31.2 Å². The average molecular weight is 380 g/mol. The van der Waals surface area contributed by atoms with E-state index in [2.05, 4.69) is 0 Å². The normalized spacial score (nSPS) is 12.3. The van der Waals surface area contributed by atoms with Gasteiger partial charge in [0.1, 0.15) is 11.5 Å². The molecule has 3 aromatic rings. The van der Waals surface area contributed by atoms with E-state index in [4.69, 9.17) is 0 Å². The van der Waals surface area contributed by atoms with Crippen LogP contribution in [0.2, 0.25) is 0 Å². The molecular formula is C22H20O6. The van der Waals surface area contributed by atoms with Gasteiger partial charge in [0.05, 0.1) is 0 Å². The molecule has 0 spiro atoms. The molecule has 0 heterocycles. The van der Waals surface area contributed by atoms with Gasteiger partial charge in [-0.25, -0.2) is 0 Å². The molecule has 28 heavy (non-hydrogen) atoms. The van der Waals surface area contributed by atoms with Crippen LogP contribution in [0, 0.1) is 0 Å². The highest BCUT2D eigenvalue weighted by Gasteiger charge is 2.19. The van der Waals surface area contributed by atoms with Crippen molar-refractivity contribution in [3.8, 4) is 34.5 Å². The van der Waals surface area contributed by atoms with Gasteiger partial charge in [0, 0.05) is 11.5 Å². The third-order valence-electron chi connectivity index (χ3n) is 4.56. The van der Waals surface area contributed by atoms with Crippen molar-refractivity contribution < 1.29 is 30.6 Å². The summed E-state index contributed by atoms with van der Waals surface area (Å²) >= 11 is 0. The Kier molecular flexibility index (Phi) is 5.04. The van der Waals surface area contributed by atoms with Gasteiger partial charge in [0.2, 0.25) is 0 Å². The first-order chi connectivity index (χ1) is 13.3. The van der Waals surface area contributed by atoms with Crippen molar-refractivity contribution in [2.24, 2.45) is 0 Å². The van der Waals surface area contributed by atoms with E-state index >= 15 is 0 Å². The molecule has 0 aliphatic heterocycles. The molecule has 6 nitrogen and oxygen atoms in total. The lowest BCUT2D eigenvalue weighted by Crippen LogP contribution is -1.98. The van der Waals surface area contributed by atoms with Crippen LogP contribution in [0.3, 0.4) is 0 Å². The van der Waals surface area contributed by atoms with Crippen molar-refractivity contribution in [1.29, 1.82) is 0 Å². The Hall–Kier alpha value is -3.80. The van der Waals surface area contributed by atoms with Crippen LogP contribution < -0.4 is 0 Å². The SMILES string of the molecule is CC(c1ccc(O)c(O)c1)c1c(O)cc(/C=C/c2ccc(O)c(O)c2)cc1O. The highest BCUT2D eigenvalue weighted by molar-refractivity contribution is 5.73. The second-order valence-corrected chi connectivity index (χ2v) is 6.52. The molecule has 0 saturated carbocycles. The van der Waals surface area contributed by atoms with Crippen LogP contribution >= 0.6 is 0 Å². The maximum atomic E-state index is 10.4. The summed E-state index contributed by atoms with van der Waals surface area (Å²) in [4.78, 5) is 0. The Labute approximate surface area is 161 Å². The lowest BCUT2D eigenvalue weighted by molar-refractivity contribution is 0.402. The second kappa shape index (κ2) is 7.44. The fraction of sp³-hybridized carbons (Fsp3) is 0.0909. The quantitative estimate of drug-likeness (QED) is 0.297. The van der Waals surface area contributed by atoms with Crippen LogP contribution in [0.5, 0.6) is 34.5 Å². The van der Waals surface area contributed by atoms with Crippen LogP contribution in [0.4, 0.5) is 0 Å². The molecule has 0 aromatic heterocycles. The van der Waals surface area contributed by atoms with Gasteiger partial charge in [-0.3, -0.25) is 0 Å². The number of hydrogen-bond acceptors (Lipinski definition) is 6. The van der Waals surface area contributed by atoms with Gasteiger partial charge in [-0.2, -0.15) is 0 Å². The zero-order valence-corrected chi connectivity index (χ0v) is 15.0. The Morgan fingerprint density at radius 1 is 0.571 bits per heavy atom. The van der Waals surface area contributed by atoms with Crippen molar-refractivity contribution in [2.75, 3.05) is 0 Å². The van der Waals surface area contributed by atoms with Crippen LogP contribution in [0.1, 0.15) is 35.1 Å². The molecule has 0 aliphatic rings. The summed E-state index contributed by atoms with van der Waals surface area (Å²) in [5.74, 6) is -1.65. The topological polar surface area (TPSA) is 121 Å². The summed E-state index contributed by atoms with van der Waals surface area (Å²) in [6, 6.07) is 11.7. The average Bonchev–Trinajstić information content (AvgIpc) is 2.64. The van der Waals surface area contributed by atoms with E-state index in [-0.39, 0.29) is 34.5 Å². The van der Waals surface area contributed by atoms with Crippen LogP contribution in [0.25, 0.3) is 12.2 Å². The molecule has 3 rings (SSSR count). The Morgan fingerprint density at radius 2 is 1.07 bits per heavy atom. The first kappa shape index (κ1) is 19.0. The maximum Gasteiger partial charge on any atom is 0.157 e. The van der Waals surface area contributed by atoms with Gasteiger partial charge in [-0.15, -0.1) is 0 Å². The molecule has 6 N–H and O–H groups in total. The summed E-state index contributed by atoms with van der Waals surface area (Å²) in [7, 11) is 0. The molecule has 0 amide bonds. The molecular weight excluding hydrogens is 360 g/mol. The molecule has 1 atom stereocenters. The molecule has 0 saturated heterocycles. The molecule has 0 bridgehead atoms. The van der Waals surface area contributed by atoms with Crippen molar-refractivity contribution in [1.82, 2.24) is 0 Å². The standard InChI is InChI=1S/C22H20O6/c1-12(15-5-7-17(24)19(26)11-15)22-20(27)9-14(10-21(22)28)3-2-13-4-6-16(23)18(25)8-13/h2-12,23-28H,1H3/b3-2+. The van der Waals surface area contributed by atoms with Crippen molar-refractivity contribution >= 4 is 12.2 Å². The van der Waals surface area contributed by atoms with Gasteiger partial charge in [0.15, 0.2) is 23.0 Å². The molecule has 3 aromatic carbocycles. The van der Waals surface area contributed by atoms with E-state index in [1.54, 1.807) is 31.2 Å². The fourth-order valence-electron chi connectivity index (χ4n) is 3.00. The first-order valence-corrected chi connectivity index (χ1v) is 8.54. The van der Waals surface area contributed by atoms with E-state index in [0.717, 1.165) is 0 Å². The smallest absolute Gasteiger partial charge is 0.157 e. The number of benzene rings is 3. The van der Waals surface area contributed by atoms with E-state index in [1.165, 1.54) is 36.4 Å². The lowest BCUT2D eigenvalue weighted by Gasteiger charge is -2.17. The summed E-state index contributed by atoms with van der Waals surface area (Å²) in [6.45, 7) is 1.76. The number of rotatable bonds is 4. The van der Waals surface area contributed by atoms with E-state index in [1.807, 2.05) is 0 Å².